The molecule has 1 aromatic heterocycles. The SMILES string of the molecule is Cc1ncn(CCCOc2ccccc2C(N)=S)c1C. The Morgan fingerprint density at radius 3 is 2.75 bits per heavy atom. The van der Waals surface area contributed by atoms with E-state index in [4.69, 9.17) is 22.7 Å². The molecule has 106 valence electrons. The molecule has 2 N–H and O–H groups in total. The Hall–Kier alpha value is -1.88. The third-order valence-corrected chi connectivity index (χ3v) is 3.52. The molecule has 4 nitrogen and oxygen atoms in total. The number of nitrogens with zero attached hydrogens (tertiary/aromatic N) is 2. The summed E-state index contributed by atoms with van der Waals surface area (Å²) in [6.45, 7) is 5.60. The van der Waals surface area contributed by atoms with Gasteiger partial charge < -0.3 is 15.0 Å². The van der Waals surface area contributed by atoms with E-state index in [-0.39, 0.29) is 0 Å². The second kappa shape index (κ2) is 6.52. The van der Waals surface area contributed by atoms with Crippen LogP contribution in [0.3, 0.4) is 0 Å². The van der Waals surface area contributed by atoms with E-state index in [0.29, 0.717) is 11.6 Å². The predicted octanol–water partition coefficient (Wildman–Crippen LogP) is 2.60. The zero-order valence-electron chi connectivity index (χ0n) is 11.8. The van der Waals surface area contributed by atoms with Crippen molar-refractivity contribution in [1.29, 1.82) is 0 Å². The zero-order chi connectivity index (χ0) is 14.5. The number of para-hydroxylation sites is 1. The molecular weight excluding hydrogens is 270 g/mol. The number of nitrogens with two attached hydrogens (primary N) is 1. The summed E-state index contributed by atoms with van der Waals surface area (Å²) in [5.41, 5.74) is 8.74. The molecule has 0 unspecified atom stereocenters. The van der Waals surface area contributed by atoms with Crippen LogP contribution in [-0.2, 0) is 6.54 Å². The standard InChI is InChI=1S/C15H19N3OS/c1-11-12(2)18(10-17-11)8-5-9-19-14-7-4-3-6-13(14)15(16)20/h3-4,6-7,10H,5,8-9H2,1-2H3,(H2,16,20). The molecule has 0 atom stereocenters. The molecule has 1 heterocycles. The van der Waals surface area contributed by atoms with Crippen molar-refractivity contribution in [2.75, 3.05) is 6.61 Å². The highest BCUT2D eigenvalue weighted by Gasteiger charge is 2.05. The smallest absolute Gasteiger partial charge is 0.129 e. The van der Waals surface area contributed by atoms with Crippen LogP contribution in [0.5, 0.6) is 5.75 Å². The Kier molecular flexibility index (Phi) is 4.74. The van der Waals surface area contributed by atoms with E-state index in [1.165, 1.54) is 5.69 Å². The van der Waals surface area contributed by atoms with E-state index in [2.05, 4.69) is 16.5 Å². The van der Waals surface area contributed by atoms with Gasteiger partial charge in [0.05, 0.1) is 24.2 Å². The molecular formula is C15H19N3OS. The van der Waals surface area contributed by atoms with Gasteiger partial charge in [-0.2, -0.15) is 0 Å². The second-order valence-corrected chi connectivity index (χ2v) is 5.11. The maximum absolute atomic E-state index is 5.77. The van der Waals surface area contributed by atoms with Gasteiger partial charge in [0.1, 0.15) is 10.7 Å². The van der Waals surface area contributed by atoms with Crippen LogP contribution >= 0.6 is 12.2 Å². The number of aryl methyl sites for hydroxylation is 2. The molecule has 0 amide bonds. The fraction of sp³-hybridized carbons (Fsp3) is 0.333. The minimum atomic E-state index is 0.363. The monoisotopic (exact) mass is 289 g/mol. The number of aromatic nitrogens is 2. The number of hydrogen-bond acceptors (Lipinski definition) is 3. The quantitative estimate of drug-likeness (QED) is 0.656. The summed E-state index contributed by atoms with van der Waals surface area (Å²) in [6.07, 6.45) is 2.77. The number of thiocarbonyl (C=S) groups is 1. The predicted molar refractivity (Wildman–Crippen MR) is 84.1 cm³/mol. The van der Waals surface area contributed by atoms with Gasteiger partial charge in [0.2, 0.25) is 0 Å². The highest BCUT2D eigenvalue weighted by atomic mass is 32.1. The Morgan fingerprint density at radius 2 is 2.10 bits per heavy atom. The Labute approximate surface area is 124 Å². The minimum Gasteiger partial charge on any atom is -0.493 e. The molecule has 2 aromatic rings. The molecule has 0 saturated heterocycles. The van der Waals surface area contributed by atoms with Crippen molar-refractivity contribution >= 4 is 17.2 Å². The lowest BCUT2D eigenvalue weighted by molar-refractivity contribution is 0.301. The van der Waals surface area contributed by atoms with Crippen molar-refractivity contribution in [2.24, 2.45) is 5.73 Å². The van der Waals surface area contributed by atoms with Crippen LogP contribution in [0.15, 0.2) is 30.6 Å². The van der Waals surface area contributed by atoms with Gasteiger partial charge in [-0.15, -0.1) is 0 Å². The van der Waals surface area contributed by atoms with Gasteiger partial charge in [-0.25, -0.2) is 4.98 Å². The number of ether oxygens (including phenoxy) is 1. The topological polar surface area (TPSA) is 53.1 Å². The molecule has 0 radical (unpaired) electrons. The number of rotatable bonds is 6. The van der Waals surface area contributed by atoms with Gasteiger partial charge in [0, 0.05) is 12.2 Å². The first kappa shape index (κ1) is 14.5. The highest BCUT2D eigenvalue weighted by molar-refractivity contribution is 7.80. The summed E-state index contributed by atoms with van der Waals surface area (Å²) in [7, 11) is 0. The van der Waals surface area contributed by atoms with Gasteiger partial charge in [0.25, 0.3) is 0 Å². The normalized spacial score (nSPS) is 10.5. The van der Waals surface area contributed by atoms with Crippen molar-refractivity contribution in [3.8, 4) is 5.75 Å². The molecule has 1 aromatic carbocycles. The fourth-order valence-corrected chi connectivity index (χ4v) is 2.15. The van der Waals surface area contributed by atoms with E-state index in [9.17, 15) is 0 Å². The molecule has 0 aliphatic heterocycles. The van der Waals surface area contributed by atoms with Crippen LogP contribution in [0.2, 0.25) is 0 Å². The van der Waals surface area contributed by atoms with E-state index in [0.717, 1.165) is 30.0 Å². The van der Waals surface area contributed by atoms with Gasteiger partial charge in [0.15, 0.2) is 0 Å². The Balaban J connectivity index is 1.88. The molecule has 0 saturated carbocycles. The van der Waals surface area contributed by atoms with Crippen LogP contribution in [-0.4, -0.2) is 21.1 Å². The second-order valence-electron chi connectivity index (χ2n) is 4.67. The number of hydrogen-bond donors (Lipinski definition) is 1. The van der Waals surface area contributed by atoms with Gasteiger partial charge in [-0.1, -0.05) is 24.4 Å². The highest BCUT2D eigenvalue weighted by Crippen LogP contribution is 2.18. The van der Waals surface area contributed by atoms with Gasteiger partial charge in [-0.05, 0) is 32.4 Å². The molecule has 20 heavy (non-hydrogen) atoms. The van der Waals surface area contributed by atoms with Crippen LogP contribution < -0.4 is 10.5 Å². The van der Waals surface area contributed by atoms with Crippen LogP contribution in [0.25, 0.3) is 0 Å². The van der Waals surface area contributed by atoms with E-state index >= 15 is 0 Å². The lowest BCUT2D eigenvalue weighted by Gasteiger charge is -2.11. The summed E-state index contributed by atoms with van der Waals surface area (Å²) in [5.74, 6) is 0.749. The first-order chi connectivity index (χ1) is 9.59. The average Bonchev–Trinajstić information content (AvgIpc) is 2.75. The van der Waals surface area contributed by atoms with Crippen molar-refractivity contribution in [3.05, 3.63) is 47.5 Å². The molecule has 2 rings (SSSR count). The minimum absolute atomic E-state index is 0.363. The van der Waals surface area contributed by atoms with Crippen molar-refractivity contribution < 1.29 is 4.74 Å². The number of imidazole rings is 1. The summed E-state index contributed by atoms with van der Waals surface area (Å²) in [6, 6.07) is 7.58. The first-order valence-electron chi connectivity index (χ1n) is 6.59. The van der Waals surface area contributed by atoms with Crippen molar-refractivity contribution in [3.63, 3.8) is 0 Å². The van der Waals surface area contributed by atoms with Gasteiger partial charge >= 0.3 is 0 Å². The Bertz CT molecular complexity index is 607. The van der Waals surface area contributed by atoms with Crippen LogP contribution in [0, 0.1) is 13.8 Å². The van der Waals surface area contributed by atoms with E-state index in [1.807, 2.05) is 37.5 Å². The molecule has 0 aliphatic rings. The summed E-state index contributed by atoms with van der Waals surface area (Å²) >= 11 is 5.01. The van der Waals surface area contributed by atoms with Gasteiger partial charge in [-0.3, -0.25) is 0 Å². The Morgan fingerprint density at radius 1 is 1.35 bits per heavy atom. The molecule has 0 spiro atoms. The molecule has 0 bridgehead atoms. The number of benzene rings is 1. The summed E-state index contributed by atoms with van der Waals surface area (Å²) < 4.78 is 7.90. The third kappa shape index (κ3) is 3.36. The third-order valence-electron chi connectivity index (χ3n) is 3.30. The van der Waals surface area contributed by atoms with Crippen molar-refractivity contribution in [2.45, 2.75) is 26.8 Å². The molecule has 5 heteroatoms. The fourth-order valence-electron chi connectivity index (χ4n) is 1.98. The average molecular weight is 289 g/mol. The summed E-state index contributed by atoms with van der Waals surface area (Å²) in [4.78, 5) is 4.64. The first-order valence-corrected chi connectivity index (χ1v) is 7.00. The lowest BCUT2D eigenvalue weighted by Crippen LogP contribution is -2.12. The summed E-state index contributed by atoms with van der Waals surface area (Å²) in [5, 5.41) is 0. The van der Waals surface area contributed by atoms with E-state index < -0.39 is 0 Å². The van der Waals surface area contributed by atoms with Crippen LogP contribution in [0.1, 0.15) is 23.4 Å². The van der Waals surface area contributed by atoms with Crippen molar-refractivity contribution in [1.82, 2.24) is 9.55 Å². The zero-order valence-corrected chi connectivity index (χ0v) is 12.6. The maximum atomic E-state index is 5.77. The largest absolute Gasteiger partial charge is 0.493 e. The lowest BCUT2D eigenvalue weighted by atomic mass is 10.2. The molecule has 0 fully saturated rings. The van der Waals surface area contributed by atoms with Crippen LogP contribution in [0.4, 0.5) is 0 Å². The maximum Gasteiger partial charge on any atom is 0.129 e. The van der Waals surface area contributed by atoms with E-state index in [1.54, 1.807) is 0 Å². The molecule has 0 aliphatic carbocycles.